The number of rotatable bonds is 0. The molecule has 2 bridgehead atoms. The largest absolute Gasteiger partial charge is 0.0880 e. The van der Waals surface area contributed by atoms with Gasteiger partial charge in [-0.25, -0.2) is 0 Å². The van der Waals surface area contributed by atoms with Crippen molar-refractivity contribution in [1.82, 2.24) is 0 Å². The third kappa shape index (κ3) is 2.17. The molecular formula is C27H50. The van der Waals surface area contributed by atoms with E-state index >= 15 is 0 Å². The molecule has 158 valence electrons. The fourth-order valence-corrected chi connectivity index (χ4v) is 8.85. The van der Waals surface area contributed by atoms with Gasteiger partial charge in [-0.05, 0) is 62.6 Å². The predicted molar refractivity (Wildman–Crippen MR) is 122 cm³/mol. The summed E-state index contributed by atoms with van der Waals surface area (Å²) in [4.78, 5) is 0. The van der Waals surface area contributed by atoms with E-state index in [4.69, 9.17) is 0 Å². The van der Waals surface area contributed by atoms with Gasteiger partial charge in [0.05, 0.1) is 0 Å². The van der Waals surface area contributed by atoms with Crippen LogP contribution in [0.2, 0.25) is 0 Å². The molecule has 0 saturated heterocycles. The van der Waals surface area contributed by atoms with Crippen molar-refractivity contribution in [3.8, 4) is 0 Å². The van der Waals surface area contributed by atoms with Crippen LogP contribution in [-0.4, -0.2) is 0 Å². The highest BCUT2D eigenvalue weighted by Gasteiger charge is 2.88. The molecule has 0 aromatic rings. The first kappa shape index (κ1) is 23.0. The van der Waals surface area contributed by atoms with Gasteiger partial charge in [-0.2, -0.15) is 0 Å². The molecule has 2 fully saturated rings. The lowest BCUT2D eigenvalue weighted by Gasteiger charge is -2.67. The Morgan fingerprint density at radius 2 is 0.815 bits per heavy atom. The quantitative estimate of drug-likeness (QED) is 0.371. The molecular weight excluding hydrogens is 324 g/mol. The second kappa shape index (κ2) is 5.66. The Balaban J connectivity index is 0.000000273. The standard InChI is InChI=1S/C19H36.C8H14/c1-13(2)14(3,4)19(12)16(7,8)15(5,6)18(13,11)17(19,9)10;1-8(2)6-4-3-5-7-8/h1-12H3;4,6H,3,5,7H2,1-2H3. The van der Waals surface area contributed by atoms with Crippen molar-refractivity contribution in [2.24, 2.45) is 43.3 Å². The molecule has 0 heteroatoms. The second-order valence-electron chi connectivity index (χ2n) is 13.7. The van der Waals surface area contributed by atoms with E-state index in [9.17, 15) is 0 Å². The SMILES string of the molecule is CC1(C)C(C)(C)C2(C)C(C)(C)C(C)(C)C1(C)C2(C)C.CC1(C)C=CCCC1. The number of hydrogen-bond donors (Lipinski definition) is 0. The first-order valence-electron chi connectivity index (χ1n) is 11.4. The second-order valence-corrected chi connectivity index (χ2v) is 13.7. The van der Waals surface area contributed by atoms with Crippen LogP contribution in [0.25, 0.3) is 0 Å². The van der Waals surface area contributed by atoms with Gasteiger partial charge in [0.1, 0.15) is 0 Å². The highest BCUT2D eigenvalue weighted by molar-refractivity contribution is 5.36. The summed E-state index contributed by atoms with van der Waals surface area (Å²) in [6.07, 6.45) is 8.66. The molecule has 0 N–H and O–H groups in total. The lowest BCUT2D eigenvalue weighted by Crippen LogP contribution is -2.61. The minimum Gasteiger partial charge on any atom is -0.0880 e. The van der Waals surface area contributed by atoms with E-state index in [1.54, 1.807) is 0 Å². The van der Waals surface area contributed by atoms with E-state index in [-0.39, 0.29) is 0 Å². The predicted octanol–water partition coefficient (Wildman–Crippen LogP) is 8.91. The van der Waals surface area contributed by atoms with Crippen LogP contribution >= 0.6 is 0 Å². The lowest BCUT2D eigenvalue weighted by atomic mass is 9.37. The van der Waals surface area contributed by atoms with Crippen LogP contribution in [0.3, 0.4) is 0 Å². The van der Waals surface area contributed by atoms with E-state index in [1.807, 2.05) is 0 Å². The summed E-state index contributed by atoms with van der Waals surface area (Å²) in [6.45, 7) is 35.0. The highest BCUT2D eigenvalue weighted by atomic mass is 14.9. The summed E-state index contributed by atoms with van der Waals surface area (Å²) in [6, 6.07) is 0. The van der Waals surface area contributed by atoms with Gasteiger partial charge in [-0.1, -0.05) is 109 Å². The molecule has 3 aliphatic rings. The van der Waals surface area contributed by atoms with E-state index in [1.165, 1.54) is 19.3 Å². The Labute approximate surface area is 172 Å². The van der Waals surface area contributed by atoms with Crippen LogP contribution in [0, 0.1) is 43.3 Å². The third-order valence-corrected chi connectivity index (χ3v) is 12.4. The Morgan fingerprint density at radius 1 is 0.481 bits per heavy atom. The van der Waals surface area contributed by atoms with Gasteiger partial charge in [-0.3, -0.25) is 0 Å². The van der Waals surface area contributed by atoms with E-state index < -0.39 is 0 Å². The zero-order chi connectivity index (χ0) is 21.5. The van der Waals surface area contributed by atoms with Crippen LogP contribution in [-0.2, 0) is 0 Å². The average Bonchev–Trinajstić information content (AvgIpc) is 2.61. The number of hydrogen-bond acceptors (Lipinski definition) is 0. The Morgan fingerprint density at radius 3 is 0.963 bits per heavy atom. The Bertz CT molecular complexity index is 550. The van der Waals surface area contributed by atoms with Crippen molar-refractivity contribution < 1.29 is 0 Å². The van der Waals surface area contributed by atoms with Gasteiger partial charge in [0.2, 0.25) is 0 Å². The van der Waals surface area contributed by atoms with Gasteiger partial charge >= 0.3 is 0 Å². The molecule has 0 atom stereocenters. The van der Waals surface area contributed by atoms with Crippen molar-refractivity contribution >= 4 is 0 Å². The van der Waals surface area contributed by atoms with Gasteiger partial charge < -0.3 is 0 Å². The molecule has 0 heterocycles. The fraction of sp³-hybridized carbons (Fsp3) is 0.926. The summed E-state index contributed by atoms with van der Waals surface area (Å²) >= 11 is 0. The summed E-state index contributed by atoms with van der Waals surface area (Å²) in [5.74, 6) is 0. The molecule has 0 aromatic carbocycles. The lowest BCUT2D eigenvalue weighted by molar-refractivity contribution is -0.193. The molecule has 2 saturated carbocycles. The van der Waals surface area contributed by atoms with E-state index in [0.29, 0.717) is 43.3 Å². The van der Waals surface area contributed by atoms with Crippen LogP contribution in [0.15, 0.2) is 12.2 Å². The molecule has 0 unspecified atom stereocenters. The minimum atomic E-state index is 0.328. The smallest absolute Gasteiger partial charge is 0.0156 e. The Hall–Kier alpha value is -0.260. The normalized spacial score (nSPS) is 41.0. The van der Waals surface area contributed by atoms with E-state index in [0.717, 1.165) is 0 Å². The zero-order valence-electron chi connectivity index (χ0n) is 21.3. The topological polar surface area (TPSA) is 0 Å². The molecule has 0 amide bonds. The molecule has 3 aliphatic carbocycles. The summed E-state index contributed by atoms with van der Waals surface area (Å²) < 4.78 is 0. The zero-order valence-corrected chi connectivity index (χ0v) is 21.3. The minimum absolute atomic E-state index is 0.328. The van der Waals surface area contributed by atoms with Crippen molar-refractivity contribution in [2.75, 3.05) is 0 Å². The maximum absolute atomic E-state index is 2.58. The van der Waals surface area contributed by atoms with Gasteiger partial charge in [-0.15, -0.1) is 0 Å². The van der Waals surface area contributed by atoms with Gasteiger partial charge in [0.25, 0.3) is 0 Å². The molecule has 0 aromatic heterocycles. The molecule has 0 nitrogen and oxygen atoms in total. The monoisotopic (exact) mass is 374 g/mol. The van der Waals surface area contributed by atoms with Crippen molar-refractivity contribution in [3.63, 3.8) is 0 Å². The first-order chi connectivity index (χ1) is 11.7. The maximum Gasteiger partial charge on any atom is -0.0156 e. The molecule has 0 aliphatic heterocycles. The average molecular weight is 375 g/mol. The number of fused-ring (bicyclic) bond motifs is 2. The van der Waals surface area contributed by atoms with Crippen LogP contribution < -0.4 is 0 Å². The van der Waals surface area contributed by atoms with Gasteiger partial charge in [0, 0.05) is 0 Å². The van der Waals surface area contributed by atoms with Gasteiger partial charge in [0.15, 0.2) is 0 Å². The maximum atomic E-state index is 2.58. The summed E-state index contributed by atoms with van der Waals surface area (Å²) in [5.41, 5.74) is 2.81. The van der Waals surface area contributed by atoms with E-state index in [2.05, 4.69) is 109 Å². The molecule has 27 heavy (non-hydrogen) atoms. The summed E-state index contributed by atoms with van der Waals surface area (Å²) in [7, 11) is 0. The molecule has 0 radical (unpaired) electrons. The Kier molecular flexibility index (Phi) is 4.83. The van der Waals surface area contributed by atoms with Crippen molar-refractivity contribution in [2.45, 2.75) is 116 Å². The third-order valence-electron chi connectivity index (χ3n) is 12.4. The number of allylic oxidation sites excluding steroid dienone is 2. The molecule has 0 spiro atoms. The van der Waals surface area contributed by atoms with Crippen LogP contribution in [0.5, 0.6) is 0 Å². The van der Waals surface area contributed by atoms with Crippen LogP contribution in [0.1, 0.15) is 116 Å². The highest BCUT2D eigenvalue weighted by Crippen LogP contribution is 2.94. The van der Waals surface area contributed by atoms with Crippen molar-refractivity contribution in [1.29, 1.82) is 0 Å². The molecule has 3 rings (SSSR count). The summed E-state index contributed by atoms with van der Waals surface area (Å²) in [5, 5.41) is 0. The van der Waals surface area contributed by atoms with Crippen molar-refractivity contribution in [3.05, 3.63) is 12.2 Å². The van der Waals surface area contributed by atoms with Crippen LogP contribution in [0.4, 0.5) is 0 Å². The first-order valence-corrected chi connectivity index (χ1v) is 11.4. The fourth-order valence-electron chi connectivity index (χ4n) is 8.85.